The first-order chi connectivity index (χ1) is 9.73. The first-order valence-corrected chi connectivity index (χ1v) is 7.27. The van der Waals surface area contributed by atoms with Crippen molar-refractivity contribution in [3.63, 3.8) is 0 Å². The number of carbonyl (C=O) groups excluding carboxylic acids is 2. The SMILES string of the molecule is CC1(C)[C@H](C(=O)O)[C@@H]1C(=O)NC1CCN(CC(N)=O)CC1. The molecule has 1 heterocycles. The van der Waals surface area contributed by atoms with Gasteiger partial charge in [0.05, 0.1) is 18.4 Å². The molecule has 2 amide bonds. The summed E-state index contributed by atoms with van der Waals surface area (Å²) in [6, 6.07) is 0.0486. The van der Waals surface area contributed by atoms with Crippen LogP contribution in [0.5, 0.6) is 0 Å². The lowest BCUT2D eigenvalue weighted by atomic mass is 10.0. The van der Waals surface area contributed by atoms with Crippen molar-refractivity contribution < 1.29 is 19.5 Å². The van der Waals surface area contributed by atoms with Crippen molar-refractivity contribution in [3.8, 4) is 0 Å². The number of amides is 2. The second kappa shape index (κ2) is 5.63. The van der Waals surface area contributed by atoms with E-state index in [1.807, 2.05) is 18.7 Å². The van der Waals surface area contributed by atoms with Gasteiger partial charge in [-0.25, -0.2) is 0 Å². The summed E-state index contributed by atoms with van der Waals surface area (Å²) in [5.74, 6) is -2.45. The van der Waals surface area contributed by atoms with Gasteiger partial charge in [-0.05, 0) is 18.3 Å². The van der Waals surface area contributed by atoms with Crippen LogP contribution in [0.4, 0.5) is 0 Å². The van der Waals surface area contributed by atoms with E-state index in [2.05, 4.69) is 5.32 Å². The summed E-state index contributed by atoms with van der Waals surface area (Å²) in [7, 11) is 0. The highest BCUT2D eigenvalue weighted by Gasteiger charge is 2.65. The first kappa shape index (κ1) is 15.8. The van der Waals surface area contributed by atoms with Gasteiger partial charge >= 0.3 is 5.97 Å². The number of carboxylic acids is 1. The summed E-state index contributed by atoms with van der Waals surface area (Å²) >= 11 is 0. The van der Waals surface area contributed by atoms with Gasteiger partial charge in [-0.1, -0.05) is 13.8 Å². The zero-order valence-corrected chi connectivity index (χ0v) is 12.5. The van der Waals surface area contributed by atoms with Gasteiger partial charge in [0.1, 0.15) is 0 Å². The molecule has 2 atom stereocenters. The molecule has 7 heteroatoms. The molecule has 0 spiro atoms. The Kier molecular flexibility index (Phi) is 4.22. The number of hydrogen-bond acceptors (Lipinski definition) is 4. The van der Waals surface area contributed by atoms with Crippen LogP contribution in [0.1, 0.15) is 26.7 Å². The lowest BCUT2D eigenvalue weighted by molar-refractivity contribution is -0.140. The highest BCUT2D eigenvalue weighted by atomic mass is 16.4. The molecule has 7 nitrogen and oxygen atoms in total. The van der Waals surface area contributed by atoms with Crippen LogP contribution >= 0.6 is 0 Å². The van der Waals surface area contributed by atoms with Crippen molar-refractivity contribution in [2.24, 2.45) is 23.0 Å². The van der Waals surface area contributed by atoms with Gasteiger partial charge in [-0.3, -0.25) is 19.3 Å². The molecule has 1 saturated heterocycles. The van der Waals surface area contributed by atoms with Crippen molar-refractivity contribution in [3.05, 3.63) is 0 Å². The van der Waals surface area contributed by atoms with E-state index in [4.69, 9.17) is 10.8 Å². The smallest absolute Gasteiger partial charge is 0.307 e. The lowest BCUT2D eigenvalue weighted by Gasteiger charge is -2.31. The van der Waals surface area contributed by atoms with E-state index in [0.717, 1.165) is 12.8 Å². The summed E-state index contributed by atoms with van der Waals surface area (Å²) in [5, 5.41) is 12.1. The number of hydrogen-bond donors (Lipinski definition) is 3. The Balaban J connectivity index is 1.80. The van der Waals surface area contributed by atoms with E-state index in [9.17, 15) is 14.4 Å². The first-order valence-electron chi connectivity index (χ1n) is 7.27. The zero-order valence-electron chi connectivity index (χ0n) is 12.5. The van der Waals surface area contributed by atoms with Gasteiger partial charge in [-0.2, -0.15) is 0 Å². The monoisotopic (exact) mass is 297 g/mol. The Hall–Kier alpha value is -1.63. The van der Waals surface area contributed by atoms with E-state index in [1.165, 1.54) is 0 Å². The predicted octanol–water partition coefficient (Wildman–Crippen LogP) is -0.591. The van der Waals surface area contributed by atoms with Gasteiger partial charge in [0.2, 0.25) is 11.8 Å². The van der Waals surface area contributed by atoms with Crippen LogP contribution in [0, 0.1) is 17.3 Å². The predicted molar refractivity (Wildman–Crippen MR) is 75.2 cm³/mol. The fourth-order valence-corrected chi connectivity index (χ4v) is 3.33. The number of carbonyl (C=O) groups is 3. The van der Waals surface area contributed by atoms with Crippen LogP contribution < -0.4 is 11.1 Å². The number of rotatable bonds is 5. The molecule has 2 fully saturated rings. The number of aliphatic carboxylic acids is 1. The van der Waals surface area contributed by atoms with Crippen LogP contribution in [0.2, 0.25) is 0 Å². The Bertz CT molecular complexity index is 455. The van der Waals surface area contributed by atoms with E-state index >= 15 is 0 Å². The van der Waals surface area contributed by atoms with Gasteiger partial charge in [0.25, 0.3) is 0 Å². The topological polar surface area (TPSA) is 113 Å². The van der Waals surface area contributed by atoms with Crippen LogP contribution in [0.3, 0.4) is 0 Å². The molecule has 4 N–H and O–H groups in total. The lowest BCUT2D eigenvalue weighted by Crippen LogP contribution is -2.47. The summed E-state index contributed by atoms with van der Waals surface area (Å²) in [6.45, 7) is 5.29. The number of nitrogens with one attached hydrogen (secondary N) is 1. The molecule has 2 aliphatic rings. The molecule has 118 valence electrons. The molecule has 0 aromatic rings. The Morgan fingerprint density at radius 1 is 1.24 bits per heavy atom. The molecule has 1 saturated carbocycles. The Morgan fingerprint density at radius 2 is 1.81 bits per heavy atom. The second-order valence-electron chi connectivity index (χ2n) is 6.64. The quantitative estimate of drug-likeness (QED) is 0.628. The van der Waals surface area contributed by atoms with Crippen molar-refractivity contribution in [1.29, 1.82) is 0 Å². The Morgan fingerprint density at radius 3 is 2.24 bits per heavy atom. The van der Waals surface area contributed by atoms with Crippen molar-refractivity contribution in [2.45, 2.75) is 32.7 Å². The average Bonchev–Trinajstić information content (AvgIpc) is 2.94. The van der Waals surface area contributed by atoms with E-state index in [-0.39, 0.29) is 24.4 Å². The molecule has 21 heavy (non-hydrogen) atoms. The average molecular weight is 297 g/mol. The molecule has 0 unspecified atom stereocenters. The molecule has 1 aliphatic carbocycles. The maximum Gasteiger partial charge on any atom is 0.307 e. The molecule has 2 rings (SSSR count). The number of nitrogens with zero attached hydrogens (tertiary/aromatic N) is 1. The fraction of sp³-hybridized carbons (Fsp3) is 0.786. The third-order valence-electron chi connectivity index (χ3n) is 4.69. The van der Waals surface area contributed by atoms with Gasteiger partial charge in [-0.15, -0.1) is 0 Å². The molecule has 0 aromatic carbocycles. The van der Waals surface area contributed by atoms with Crippen molar-refractivity contribution in [2.75, 3.05) is 19.6 Å². The molecule has 0 aromatic heterocycles. The standard InChI is InChI=1S/C14H23N3O4/c1-14(2)10(11(14)13(20)21)12(19)16-8-3-5-17(6-4-8)7-9(15)18/h8,10-11H,3-7H2,1-2H3,(H2,15,18)(H,16,19)(H,20,21)/t10-,11+/m1/s1. The molecule has 0 radical (unpaired) electrons. The fourth-order valence-electron chi connectivity index (χ4n) is 3.33. The summed E-state index contributed by atoms with van der Waals surface area (Å²) in [4.78, 5) is 36.1. The third kappa shape index (κ3) is 3.34. The summed E-state index contributed by atoms with van der Waals surface area (Å²) in [6.07, 6.45) is 1.51. The maximum absolute atomic E-state index is 12.2. The minimum atomic E-state index is -0.906. The van der Waals surface area contributed by atoms with Crippen LogP contribution in [-0.4, -0.2) is 53.5 Å². The highest BCUT2D eigenvalue weighted by Crippen LogP contribution is 2.58. The minimum Gasteiger partial charge on any atom is -0.481 e. The normalized spacial score (nSPS) is 28.9. The van der Waals surface area contributed by atoms with E-state index in [1.54, 1.807) is 0 Å². The zero-order chi connectivity index (χ0) is 15.8. The molecule has 0 bridgehead atoms. The van der Waals surface area contributed by atoms with Gasteiger partial charge in [0, 0.05) is 19.1 Å². The van der Waals surface area contributed by atoms with Gasteiger partial charge in [0.15, 0.2) is 0 Å². The van der Waals surface area contributed by atoms with E-state index in [0.29, 0.717) is 13.1 Å². The number of likely N-dealkylation sites (tertiary alicyclic amines) is 1. The largest absolute Gasteiger partial charge is 0.481 e. The summed E-state index contributed by atoms with van der Waals surface area (Å²) in [5.41, 5.74) is 4.68. The van der Waals surface area contributed by atoms with Crippen molar-refractivity contribution >= 4 is 17.8 Å². The van der Waals surface area contributed by atoms with Crippen LogP contribution in [0.25, 0.3) is 0 Å². The number of piperidine rings is 1. The number of primary amides is 1. The Labute approximate surface area is 123 Å². The van der Waals surface area contributed by atoms with E-state index < -0.39 is 23.2 Å². The van der Waals surface area contributed by atoms with Crippen LogP contribution in [-0.2, 0) is 14.4 Å². The molecular formula is C14H23N3O4. The highest BCUT2D eigenvalue weighted by molar-refractivity contribution is 5.91. The number of nitrogens with two attached hydrogens (primary N) is 1. The number of carboxylic acid groups (broad SMARTS) is 1. The second-order valence-corrected chi connectivity index (χ2v) is 6.64. The maximum atomic E-state index is 12.2. The van der Waals surface area contributed by atoms with Crippen molar-refractivity contribution in [1.82, 2.24) is 10.2 Å². The van der Waals surface area contributed by atoms with Crippen LogP contribution in [0.15, 0.2) is 0 Å². The molecule has 1 aliphatic heterocycles. The molecular weight excluding hydrogens is 274 g/mol. The van der Waals surface area contributed by atoms with Gasteiger partial charge < -0.3 is 16.2 Å². The summed E-state index contributed by atoms with van der Waals surface area (Å²) < 4.78 is 0. The third-order valence-corrected chi connectivity index (χ3v) is 4.69. The minimum absolute atomic E-state index is 0.0486.